The van der Waals surface area contributed by atoms with Crippen molar-refractivity contribution in [1.82, 2.24) is 4.72 Å². The van der Waals surface area contributed by atoms with Crippen molar-refractivity contribution in [1.29, 1.82) is 0 Å². The maximum absolute atomic E-state index is 12.5. The predicted molar refractivity (Wildman–Crippen MR) is 114 cm³/mol. The van der Waals surface area contributed by atoms with Crippen LogP contribution in [-0.4, -0.2) is 21.6 Å². The van der Waals surface area contributed by atoms with Crippen molar-refractivity contribution in [2.24, 2.45) is 0 Å². The van der Waals surface area contributed by atoms with Crippen molar-refractivity contribution in [3.05, 3.63) is 72.3 Å². The molecule has 0 aliphatic rings. The van der Waals surface area contributed by atoms with Crippen LogP contribution < -0.4 is 9.46 Å². The van der Waals surface area contributed by atoms with E-state index in [9.17, 15) is 8.42 Å². The smallest absolute Gasteiger partial charge is 0.240 e. The molecule has 0 unspecified atom stereocenters. The van der Waals surface area contributed by atoms with Crippen LogP contribution in [0.1, 0.15) is 31.7 Å². The molecule has 0 saturated heterocycles. The van der Waals surface area contributed by atoms with Gasteiger partial charge in [0, 0.05) is 6.54 Å². The number of fused-ring (bicyclic) bond motifs is 1. The van der Waals surface area contributed by atoms with Crippen LogP contribution >= 0.6 is 0 Å². The van der Waals surface area contributed by atoms with Gasteiger partial charge in [-0.2, -0.15) is 0 Å². The Kier molecular flexibility index (Phi) is 7.06. The topological polar surface area (TPSA) is 55.4 Å². The SMILES string of the molecule is CCCCOc1ccc(S(=O)(=O)NCCCc2cccc3ccccc23)cc1. The fourth-order valence-corrected chi connectivity index (χ4v) is 4.20. The zero-order valence-electron chi connectivity index (χ0n) is 16.2. The van der Waals surface area contributed by atoms with Gasteiger partial charge in [-0.1, -0.05) is 55.8 Å². The summed E-state index contributed by atoms with van der Waals surface area (Å²) < 4.78 is 33.2. The molecule has 4 nitrogen and oxygen atoms in total. The molecular formula is C23H27NO3S. The second-order valence-electron chi connectivity index (χ2n) is 6.81. The number of ether oxygens (including phenoxy) is 1. The van der Waals surface area contributed by atoms with Crippen LogP contribution in [0.5, 0.6) is 5.75 Å². The summed E-state index contributed by atoms with van der Waals surface area (Å²) in [4.78, 5) is 0.264. The summed E-state index contributed by atoms with van der Waals surface area (Å²) in [6, 6.07) is 21.1. The van der Waals surface area contributed by atoms with Crippen LogP contribution in [0.3, 0.4) is 0 Å². The largest absolute Gasteiger partial charge is 0.494 e. The standard InChI is InChI=1S/C23H27NO3S/c1-2-3-18-27-21-13-15-22(16-14-21)28(25,26)24-17-7-11-20-10-6-9-19-8-4-5-12-23(19)20/h4-6,8-10,12-16,24H,2-3,7,11,17-18H2,1H3. The average Bonchev–Trinajstić information content (AvgIpc) is 2.72. The van der Waals surface area contributed by atoms with E-state index in [2.05, 4.69) is 35.9 Å². The molecule has 0 radical (unpaired) electrons. The van der Waals surface area contributed by atoms with Gasteiger partial charge in [0.25, 0.3) is 0 Å². The molecule has 3 rings (SSSR count). The van der Waals surface area contributed by atoms with Crippen molar-refractivity contribution in [3.63, 3.8) is 0 Å². The zero-order valence-corrected chi connectivity index (χ0v) is 17.0. The Hall–Kier alpha value is -2.37. The number of unbranched alkanes of at least 4 members (excludes halogenated alkanes) is 1. The number of rotatable bonds is 10. The van der Waals surface area contributed by atoms with Gasteiger partial charge in [-0.15, -0.1) is 0 Å². The maximum atomic E-state index is 12.5. The highest BCUT2D eigenvalue weighted by Gasteiger charge is 2.13. The Morgan fingerprint density at radius 2 is 1.64 bits per heavy atom. The van der Waals surface area contributed by atoms with Crippen LogP contribution in [-0.2, 0) is 16.4 Å². The van der Waals surface area contributed by atoms with Gasteiger partial charge in [-0.3, -0.25) is 0 Å². The minimum Gasteiger partial charge on any atom is -0.494 e. The lowest BCUT2D eigenvalue weighted by molar-refractivity contribution is 0.309. The van der Waals surface area contributed by atoms with Gasteiger partial charge in [0.1, 0.15) is 5.75 Å². The molecule has 0 saturated carbocycles. The van der Waals surface area contributed by atoms with E-state index in [0.717, 1.165) is 25.7 Å². The van der Waals surface area contributed by atoms with E-state index in [1.807, 2.05) is 18.2 Å². The molecule has 1 N–H and O–H groups in total. The normalized spacial score (nSPS) is 11.6. The van der Waals surface area contributed by atoms with E-state index in [0.29, 0.717) is 18.9 Å². The van der Waals surface area contributed by atoms with Gasteiger partial charge in [0.2, 0.25) is 10.0 Å². The molecular weight excluding hydrogens is 370 g/mol. The fourth-order valence-electron chi connectivity index (χ4n) is 3.13. The first-order valence-electron chi connectivity index (χ1n) is 9.79. The van der Waals surface area contributed by atoms with Crippen LogP contribution in [0.15, 0.2) is 71.6 Å². The molecule has 148 valence electrons. The maximum Gasteiger partial charge on any atom is 0.240 e. The minimum absolute atomic E-state index is 0.264. The molecule has 0 heterocycles. The highest BCUT2D eigenvalue weighted by molar-refractivity contribution is 7.89. The summed E-state index contributed by atoms with van der Waals surface area (Å²) in [5.41, 5.74) is 1.24. The van der Waals surface area contributed by atoms with Crippen molar-refractivity contribution >= 4 is 20.8 Å². The third-order valence-corrected chi connectivity index (χ3v) is 6.17. The van der Waals surface area contributed by atoms with Gasteiger partial charge < -0.3 is 4.74 Å². The second kappa shape index (κ2) is 9.71. The third kappa shape index (κ3) is 5.33. The molecule has 5 heteroatoms. The van der Waals surface area contributed by atoms with E-state index in [4.69, 9.17) is 4.74 Å². The average molecular weight is 398 g/mol. The Balaban J connectivity index is 1.53. The predicted octanol–water partition coefficient (Wildman–Crippen LogP) is 4.93. The molecule has 0 bridgehead atoms. The lowest BCUT2D eigenvalue weighted by Crippen LogP contribution is -2.25. The summed E-state index contributed by atoms with van der Waals surface area (Å²) in [5.74, 6) is 0.698. The molecule has 3 aromatic rings. The van der Waals surface area contributed by atoms with E-state index in [1.54, 1.807) is 24.3 Å². The summed E-state index contributed by atoms with van der Waals surface area (Å²) in [6.07, 6.45) is 3.62. The second-order valence-corrected chi connectivity index (χ2v) is 8.58. The highest BCUT2D eigenvalue weighted by atomic mass is 32.2. The minimum atomic E-state index is -3.50. The quantitative estimate of drug-likeness (QED) is 0.494. The summed E-state index contributed by atoms with van der Waals surface area (Å²) in [5, 5.41) is 2.44. The molecule has 28 heavy (non-hydrogen) atoms. The lowest BCUT2D eigenvalue weighted by Gasteiger charge is -2.10. The Labute approximate surface area is 167 Å². The summed E-state index contributed by atoms with van der Waals surface area (Å²) in [7, 11) is -3.50. The number of nitrogens with one attached hydrogen (secondary N) is 1. The van der Waals surface area contributed by atoms with Crippen molar-refractivity contribution in [2.45, 2.75) is 37.5 Å². The van der Waals surface area contributed by atoms with Crippen LogP contribution in [0, 0.1) is 0 Å². The van der Waals surface area contributed by atoms with Gasteiger partial charge in [-0.25, -0.2) is 13.1 Å². The van der Waals surface area contributed by atoms with E-state index >= 15 is 0 Å². The number of hydrogen-bond acceptors (Lipinski definition) is 3. The molecule has 0 spiro atoms. The first-order valence-corrected chi connectivity index (χ1v) is 11.3. The molecule has 3 aromatic carbocycles. The summed E-state index contributed by atoms with van der Waals surface area (Å²) in [6.45, 7) is 3.15. The van der Waals surface area contributed by atoms with E-state index < -0.39 is 10.0 Å². The fraction of sp³-hybridized carbons (Fsp3) is 0.304. The Bertz CT molecular complexity index is 993. The highest BCUT2D eigenvalue weighted by Crippen LogP contribution is 2.20. The number of hydrogen-bond donors (Lipinski definition) is 1. The van der Waals surface area contributed by atoms with Crippen molar-refractivity contribution in [3.8, 4) is 5.75 Å². The number of benzene rings is 3. The van der Waals surface area contributed by atoms with Gasteiger partial charge in [0.15, 0.2) is 0 Å². The molecule has 0 aliphatic carbocycles. The monoisotopic (exact) mass is 397 g/mol. The molecule has 0 atom stereocenters. The van der Waals surface area contributed by atoms with Crippen LogP contribution in [0.25, 0.3) is 10.8 Å². The number of sulfonamides is 1. The molecule has 0 aliphatic heterocycles. The van der Waals surface area contributed by atoms with Gasteiger partial charge in [-0.05, 0) is 59.9 Å². The number of aryl methyl sites for hydroxylation is 1. The molecule has 0 aromatic heterocycles. The summed E-state index contributed by atoms with van der Waals surface area (Å²) >= 11 is 0. The Morgan fingerprint density at radius 3 is 2.43 bits per heavy atom. The van der Waals surface area contributed by atoms with Crippen molar-refractivity contribution < 1.29 is 13.2 Å². The zero-order chi connectivity index (χ0) is 19.8. The Morgan fingerprint density at radius 1 is 0.893 bits per heavy atom. The first kappa shape index (κ1) is 20.4. The first-order chi connectivity index (χ1) is 13.6. The lowest BCUT2D eigenvalue weighted by atomic mass is 10.0. The molecule has 0 amide bonds. The van der Waals surface area contributed by atoms with Crippen molar-refractivity contribution in [2.75, 3.05) is 13.2 Å². The van der Waals surface area contributed by atoms with E-state index in [1.165, 1.54) is 16.3 Å². The molecule has 0 fully saturated rings. The third-order valence-electron chi connectivity index (χ3n) is 4.70. The van der Waals surface area contributed by atoms with Gasteiger partial charge in [0.05, 0.1) is 11.5 Å². The van der Waals surface area contributed by atoms with E-state index in [-0.39, 0.29) is 4.90 Å². The van der Waals surface area contributed by atoms with Crippen LogP contribution in [0.2, 0.25) is 0 Å². The van der Waals surface area contributed by atoms with Crippen LogP contribution in [0.4, 0.5) is 0 Å². The van der Waals surface area contributed by atoms with Gasteiger partial charge >= 0.3 is 0 Å².